The predicted molar refractivity (Wildman–Crippen MR) is 78.3 cm³/mol. The lowest BCUT2D eigenvalue weighted by atomic mass is 10.1. The van der Waals surface area contributed by atoms with Gasteiger partial charge in [-0.25, -0.2) is 4.98 Å². The lowest BCUT2D eigenvalue weighted by Gasteiger charge is -2.40. The third-order valence-electron chi connectivity index (χ3n) is 3.71. The molecule has 110 valence electrons. The molecule has 2 atom stereocenters. The van der Waals surface area contributed by atoms with Crippen molar-refractivity contribution in [2.24, 2.45) is 10.9 Å². The summed E-state index contributed by atoms with van der Waals surface area (Å²) in [6, 6.07) is 2.12. The van der Waals surface area contributed by atoms with Gasteiger partial charge in [0.15, 0.2) is 5.84 Å². The molecule has 1 aliphatic heterocycles. The quantitative estimate of drug-likeness (QED) is 0.379. The van der Waals surface area contributed by atoms with E-state index in [9.17, 15) is 0 Å². The molecule has 1 aromatic heterocycles. The highest BCUT2D eigenvalue weighted by atomic mass is 16.5. The fraction of sp³-hybridized carbons (Fsp3) is 0.571. The Kier molecular flexibility index (Phi) is 4.44. The van der Waals surface area contributed by atoms with Crippen molar-refractivity contribution in [1.82, 2.24) is 4.98 Å². The van der Waals surface area contributed by atoms with Crippen molar-refractivity contribution >= 4 is 11.7 Å². The highest BCUT2D eigenvalue weighted by Gasteiger charge is 2.29. The van der Waals surface area contributed by atoms with Crippen molar-refractivity contribution in [2.45, 2.75) is 39.3 Å². The van der Waals surface area contributed by atoms with Gasteiger partial charge in [0, 0.05) is 12.7 Å². The number of oxime groups is 1. The van der Waals surface area contributed by atoms with Crippen LogP contribution in [0.25, 0.3) is 0 Å². The number of nitrogens with two attached hydrogens (primary N) is 1. The monoisotopic (exact) mass is 278 g/mol. The van der Waals surface area contributed by atoms with E-state index in [1.165, 1.54) is 0 Å². The van der Waals surface area contributed by atoms with Crippen LogP contribution in [0.1, 0.15) is 31.4 Å². The molecule has 0 radical (unpaired) electrons. The summed E-state index contributed by atoms with van der Waals surface area (Å²) in [5, 5.41) is 12.1. The molecule has 1 saturated heterocycles. The third-order valence-corrected chi connectivity index (χ3v) is 3.71. The van der Waals surface area contributed by atoms with E-state index in [0.29, 0.717) is 12.2 Å². The maximum Gasteiger partial charge on any atom is 0.174 e. The molecule has 6 heteroatoms. The van der Waals surface area contributed by atoms with E-state index in [4.69, 9.17) is 15.7 Å². The molecule has 2 rings (SSSR count). The Bertz CT molecular complexity index is 504. The molecule has 0 aliphatic carbocycles. The number of anilines is 1. The van der Waals surface area contributed by atoms with Crippen LogP contribution in [0.4, 0.5) is 5.82 Å². The number of aryl methyl sites for hydroxylation is 1. The van der Waals surface area contributed by atoms with Gasteiger partial charge in [-0.15, -0.1) is 0 Å². The van der Waals surface area contributed by atoms with Gasteiger partial charge in [0.2, 0.25) is 0 Å². The first-order valence-electron chi connectivity index (χ1n) is 6.90. The van der Waals surface area contributed by atoms with Crippen LogP contribution in [0, 0.1) is 6.92 Å². The van der Waals surface area contributed by atoms with Gasteiger partial charge < -0.3 is 20.6 Å². The smallest absolute Gasteiger partial charge is 0.174 e. The van der Waals surface area contributed by atoms with Gasteiger partial charge in [0.25, 0.3) is 0 Å². The zero-order chi connectivity index (χ0) is 14.7. The van der Waals surface area contributed by atoms with E-state index in [1.54, 1.807) is 6.20 Å². The summed E-state index contributed by atoms with van der Waals surface area (Å²) in [6.45, 7) is 7.51. The van der Waals surface area contributed by atoms with Crippen molar-refractivity contribution in [3.05, 3.63) is 23.4 Å². The van der Waals surface area contributed by atoms with E-state index in [-0.39, 0.29) is 18.0 Å². The second kappa shape index (κ2) is 6.09. The Morgan fingerprint density at radius 3 is 3.05 bits per heavy atom. The fourth-order valence-corrected chi connectivity index (χ4v) is 2.57. The van der Waals surface area contributed by atoms with Crippen molar-refractivity contribution in [3.63, 3.8) is 0 Å². The Labute approximate surface area is 119 Å². The van der Waals surface area contributed by atoms with Gasteiger partial charge in [-0.1, -0.05) is 12.1 Å². The molecule has 2 unspecified atom stereocenters. The standard InChI is InChI=1S/C14H22N4O2/c1-4-11-8-20-10(3)7-18(11)14-12(13(15)17-19)9(2)5-6-16-14/h5-6,10-11,19H,4,7-8H2,1-3H3,(H2,15,17). The van der Waals surface area contributed by atoms with Gasteiger partial charge in [-0.2, -0.15) is 0 Å². The van der Waals surface area contributed by atoms with Crippen molar-refractivity contribution < 1.29 is 9.94 Å². The first-order valence-corrected chi connectivity index (χ1v) is 6.90. The minimum absolute atomic E-state index is 0.0968. The van der Waals surface area contributed by atoms with E-state index < -0.39 is 0 Å². The largest absolute Gasteiger partial charge is 0.409 e. The number of nitrogens with zero attached hydrogens (tertiary/aromatic N) is 3. The zero-order valence-corrected chi connectivity index (χ0v) is 12.2. The van der Waals surface area contributed by atoms with E-state index in [0.717, 1.165) is 24.3 Å². The molecule has 0 aromatic carbocycles. The molecule has 3 N–H and O–H groups in total. The Morgan fingerprint density at radius 2 is 2.40 bits per heavy atom. The number of pyridine rings is 1. The first kappa shape index (κ1) is 14.6. The number of amidine groups is 1. The molecular formula is C14H22N4O2. The molecule has 0 amide bonds. The molecule has 20 heavy (non-hydrogen) atoms. The lowest BCUT2D eigenvalue weighted by Crippen LogP contribution is -2.49. The topological polar surface area (TPSA) is 84.0 Å². The van der Waals surface area contributed by atoms with Gasteiger partial charge in [0.05, 0.1) is 24.3 Å². The molecule has 2 heterocycles. The van der Waals surface area contributed by atoms with Crippen LogP contribution < -0.4 is 10.6 Å². The Morgan fingerprint density at radius 1 is 1.65 bits per heavy atom. The average Bonchev–Trinajstić information content (AvgIpc) is 2.46. The lowest BCUT2D eigenvalue weighted by molar-refractivity contribution is 0.0296. The maximum atomic E-state index is 9.00. The van der Waals surface area contributed by atoms with Crippen LogP contribution in [-0.2, 0) is 4.74 Å². The van der Waals surface area contributed by atoms with Crippen molar-refractivity contribution in [1.29, 1.82) is 0 Å². The molecular weight excluding hydrogens is 256 g/mol. The van der Waals surface area contributed by atoms with E-state index in [1.807, 2.05) is 19.9 Å². The highest BCUT2D eigenvalue weighted by Crippen LogP contribution is 2.26. The Balaban J connectivity index is 2.47. The number of hydrogen-bond donors (Lipinski definition) is 2. The van der Waals surface area contributed by atoms with Crippen molar-refractivity contribution in [3.8, 4) is 0 Å². The summed E-state index contributed by atoms with van der Waals surface area (Å²) in [5.74, 6) is 0.863. The molecule has 1 aromatic rings. The van der Waals surface area contributed by atoms with E-state index in [2.05, 4.69) is 22.0 Å². The number of ether oxygens (including phenoxy) is 1. The summed E-state index contributed by atoms with van der Waals surface area (Å²) in [6.07, 6.45) is 2.85. The fourth-order valence-electron chi connectivity index (χ4n) is 2.57. The summed E-state index contributed by atoms with van der Waals surface area (Å²) in [7, 11) is 0. The highest BCUT2D eigenvalue weighted by molar-refractivity contribution is 6.02. The molecule has 0 saturated carbocycles. The maximum absolute atomic E-state index is 9.00. The summed E-state index contributed by atoms with van der Waals surface area (Å²) in [4.78, 5) is 6.67. The van der Waals surface area contributed by atoms with E-state index >= 15 is 0 Å². The number of rotatable bonds is 3. The predicted octanol–water partition coefficient (Wildman–Crippen LogP) is 1.49. The summed E-state index contributed by atoms with van der Waals surface area (Å²) >= 11 is 0. The normalized spacial score (nSPS) is 23.9. The van der Waals surface area contributed by atoms with Crippen LogP contribution in [0.15, 0.2) is 17.4 Å². The second-order valence-corrected chi connectivity index (χ2v) is 5.17. The van der Waals surface area contributed by atoms with Gasteiger partial charge >= 0.3 is 0 Å². The van der Waals surface area contributed by atoms with Crippen LogP contribution in [0.2, 0.25) is 0 Å². The van der Waals surface area contributed by atoms with Crippen LogP contribution in [0.3, 0.4) is 0 Å². The zero-order valence-electron chi connectivity index (χ0n) is 12.2. The second-order valence-electron chi connectivity index (χ2n) is 5.17. The Hall–Kier alpha value is -1.82. The van der Waals surface area contributed by atoms with Gasteiger partial charge in [-0.05, 0) is 31.9 Å². The molecule has 6 nitrogen and oxygen atoms in total. The van der Waals surface area contributed by atoms with Gasteiger partial charge in [0.1, 0.15) is 5.82 Å². The minimum atomic E-state index is 0.0968. The number of morpholine rings is 1. The van der Waals surface area contributed by atoms with Crippen LogP contribution >= 0.6 is 0 Å². The number of aromatic nitrogens is 1. The van der Waals surface area contributed by atoms with Crippen molar-refractivity contribution in [2.75, 3.05) is 18.1 Å². The summed E-state index contributed by atoms with van der Waals surface area (Å²) in [5.41, 5.74) is 7.47. The van der Waals surface area contributed by atoms with Gasteiger partial charge in [-0.3, -0.25) is 0 Å². The molecule has 0 bridgehead atoms. The van der Waals surface area contributed by atoms with Crippen LogP contribution in [0.5, 0.6) is 0 Å². The molecule has 1 aliphatic rings. The molecule has 0 spiro atoms. The molecule has 1 fully saturated rings. The number of hydrogen-bond acceptors (Lipinski definition) is 5. The first-order chi connectivity index (χ1) is 9.58. The van der Waals surface area contributed by atoms with Crippen LogP contribution in [-0.4, -0.2) is 41.3 Å². The average molecular weight is 278 g/mol. The SMILES string of the molecule is CCC1COC(C)CN1c1nccc(C)c1/C(N)=N/O. The summed E-state index contributed by atoms with van der Waals surface area (Å²) < 4.78 is 5.71. The third kappa shape index (κ3) is 2.70. The minimum Gasteiger partial charge on any atom is -0.409 e.